The molecule has 5 rings (SSSR count). The molecule has 1 aliphatic carbocycles. The van der Waals surface area contributed by atoms with Crippen molar-refractivity contribution < 1.29 is 9.59 Å². The minimum Gasteiger partial charge on any atom is -0.397 e. The number of carbonyl (C=O) groups excluding carboxylic acids is 2. The summed E-state index contributed by atoms with van der Waals surface area (Å²) in [5.41, 5.74) is 11.7. The topological polar surface area (TPSA) is 79.5 Å². The Kier molecular flexibility index (Phi) is 6.54. The summed E-state index contributed by atoms with van der Waals surface area (Å²) in [5, 5.41) is 0.932. The smallest absolute Gasteiger partial charge is 0.266 e. The van der Waals surface area contributed by atoms with Gasteiger partial charge in [0.25, 0.3) is 5.91 Å². The Bertz CT molecular complexity index is 1300. The molecule has 0 radical (unpaired) electrons. The van der Waals surface area contributed by atoms with Gasteiger partial charge in [-0.2, -0.15) is 0 Å². The van der Waals surface area contributed by atoms with Gasteiger partial charge < -0.3 is 15.5 Å². The third kappa shape index (κ3) is 4.49. The predicted molar refractivity (Wildman–Crippen MR) is 148 cm³/mol. The van der Waals surface area contributed by atoms with Gasteiger partial charge in [-0.25, -0.2) is 4.98 Å². The number of aryl methyl sites for hydroxylation is 1. The van der Waals surface area contributed by atoms with E-state index in [1.165, 1.54) is 35.4 Å². The monoisotopic (exact) mass is 504 g/mol. The molecule has 1 aliphatic heterocycles. The number of nitrogen functional groups attached to an aromatic ring is 1. The standard InChI is InChI=1S/C29H36N4O2S/c1-5-29(3,4)21-8-11-24-20(16-21)17-23-25(30)26(36-27(23)31-24)28(35)33-14-12-32(13-15-33)22-9-6-19(7-10-22)18(2)34/h6-7,9-10,17,21H,5,8,11-16,30H2,1-4H3/t21-/m1/s1. The average Bonchev–Trinajstić information content (AvgIpc) is 3.21. The maximum atomic E-state index is 13.5. The highest BCUT2D eigenvalue weighted by atomic mass is 32.1. The molecule has 2 aromatic heterocycles. The van der Waals surface area contributed by atoms with E-state index in [9.17, 15) is 9.59 Å². The number of nitrogens with two attached hydrogens (primary N) is 1. The predicted octanol–water partition coefficient (Wildman–Crippen LogP) is 5.58. The number of thiophene rings is 1. The molecule has 3 aromatic rings. The van der Waals surface area contributed by atoms with Crippen molar-refractivity contribution in [3.63, 3.8) is 0 Å². The highest BCUT2D eigenvalue weighted by Gasteiger charge is 2.33. The number of fused-ring (bicyclic) bond motifs is 2. The zero-order valence-electron chi connectivity index (χ0n) is 21.8. The number of ketones is 1. The molecule has 0 bridgehead atoms. The number of carbonyl (C=O) groups is 2. The first-order valence-electron chi connectivity index (χ1n) is 13.0. The van der Waals surface area contributed by atoms with Crippen LogP contribution in [0.4, 0.5) is 11.4 Å². The fraction of sp³-hybridized carbons (Fsp3) is 0.483. The van der Waals surface area contributed by atoms with Crippen molar-refractivity contribution in [1.29, 1.82) is 0 Å². The molecule has 1 aromatic carbocycles. The summed E-state index contributed by atoms with van der Waals surface area (Å²) in [5.74, 6) is 0.716. The first-order chi connectivity index (χ1) is 17.2. The summed E-state index contributed by atoms with van der Waals surface area (Å²) in [7, 11) is 0. The molecule has 1 amide bonds. The van der Waals surface area contributed by atoms with Gasteiger partial charge in [0.15, 0.2) is 5.78 Å². The zero-order valence-corrected chi connectivity index (χ0v) is 22.6. The van der Waals surface area contributed by atoms with Gasteiger partial charge in [-0.15, -0.1) is 11.3 Å². The van der Waals surface area contributed by atoms with Crippen LogP contribution in [0.5, 0.6) is 0 Å². The van der Waals surface area contributed by atoms with Gasteiger partial charge in [-0.3, -0.25) is 9.59 Å². The van der Waals surface area contributed by atoms with Crippen LogP contribution in [0, 0.1) is 11.3 Å². The van der Waals surface area contributed by atoms with Crippen molar-refractivity contribution in [3.8, 4) is 0 Å². The number of amides is 1. The van der Waals surface area contributed by atoms with E-state index in [1.54, 1.807) is 6.92 Å². The van der Waals surface area contributed by atoms with E-state index in [2.05, 4.69) is 31.7 Å². The number of pyridine rings is 1. The summed E-state index contributed by atoms with van der Waals surface area (Å²) in [4.78, 5) is 35.6. The molecule has 2 aliphatic rings. The van der Waals surface area contributed by atoms with E-state index in [-0.39, 0.29) is 11.7 Å². The third-order valence-corrected chi connectivity index (χ3v) is 9.61. The van der Waals surface area contributed by atoms with E-state index in [0.717, 1.165) is 41.8 Å². The second-order valence-corrected chi connectivity index (χ2v) is 12.0. The van der Waals surface area contributed by atoms with E-state index in [1.807, 2.05) is 29.2 Å². The maximum absolute atomic E-state index is 13.5. The van der Waals surface area contributed by atoms with Crippen molar-refractivity contribution in [2.75, 3.05) is 36.8 Å². The van der Waals surface area contributed by atoms with Gasteiger partial charge in [0.05, 0.1) is 5.69 Å². The van der Waals surface area contributed by atoms with E-state index < -0.39 is 0 Å². The summed E-state index contributed by atoms with van der Waals surface area (Å²) in [6.07, 6.45) is 4.36. The molecule has 0 saturated carbocycles. The maximum Gasteiger partial charge on any atom is 0.266 e. The minimum atomic E-state index is 0.00467. The Morgan fingerprint density at radius 2 is 1.83 bits per heavy atom. The van der Waals surface area contributed by atoms with Crippen LogP contribution in [0.2, 0.25) is 0 Å². The van der Waals surface area contributed by atoms with Gasteiger partial charge >= 0.3 is 0 Å². The Morgan fingerprint density at radius 1 is 1.14 bits per heavy atom. The van der Waals surface area contributed by atoms with Crippen LogP contribution in [0.3, 0.4) is 0 Å². The molecule has 2 N–H and O–H groups in total. The summed E-state index contributed by atoms with van der Waals surface area (Å²) in [6, 6.07) is 9.91. The molecule has 0 unspecified atom stereocenters. The summed E-state index contributed by atoms with van der Waals surface area (Å²) >= 11 is 1.44. The molecule has 1 atom stereocenters. The van der Waals surface area contributed by atoms with Crippen LogP contribution in [0.15, 0.2) is 30.3 Å². The van der Waals surface area contributed by atoms with E-state index in [0.29, 0.717) is 40.6 Å². The molecular weight excluding hydrogens is 468 g/mol. The first kappa shape index (κ1) is 24.8. The number of hydrogen-bond acceptors (Lipinski definition) is 6. The lowest BCUT2D eigenvalue weighted by atomic mass is 9.69. The molecule has 36 heavy (non-hydrogen) atoms. The van der Waals surface area contributed by atoms with Crippen molar-refractivity contribution >= 4 is 44.6 Å². The molecule has 3 heterocycles. The van der Waals surface area contributed by atoms with Crippen molar-refractivity contribution in [2.45, 2.75) is 53.4 Å². The van der Waals surface area contributed by atoms with Crippen LogP contribution in [-0.4, -0.2) is 47.8 Å². The van der Waals surface area contributed by atoms with Gasteiger partial charge in [0, 0.05) is 48.5 Å². The third-order valence-electron chi connectivity index (χ3n) is 8.50. The number of rotatable bonds is 5. The number of anilines is 2. The molecular formula is C29H36N4O2S. The number of nitrogens with zero attached hydrogens (tertiary/aromatic N) is 3. The van der Waals surface area contributed by atoms with Crippen LogP contribution >= 0.6 is 11.3 Å². The number of hydrogen-bond donors (Lipinski definition) is 1. The van der Waals surface area contributed by atoms with Gasteiger partial charge in [0.2, 0.25) is 0 Å². The fourth-order valence-electron chi connectivity index (χ4n) is 5.52. The Balaban J connectivity index is 1.31. The number of piperazine rings is 1. The van der Waals surface area contributed by atoms with Gasteiger partial charge in [0.1, 0.15) is 9.71 Å². The second-order valence-electron chi connectivity index (χ2n) is 11.0. The molecule has 0 spiro atoms. The van der Waals surface area contributed by atoms with Crippen LogP contribution < -0.4 is 10.6 Å². The lowest BCUT2D eigenvalue weighted by molar-refractivity contribution is 0.0752. The molecule has 7 heteroatoms. The fourth-order valence-corrected chi connectivity index (χ4v) is 6.59. The Labute approximate surface area is 217 Å². The van der Waals surface area contributed by atoms with Crippen LogP contribution in [0.25, 0.3) is 10.2 Å². The van der Waals surface area contributed by atoms with Gasteiger partial charge in [-0.1, -0.05) is 27.2 Å². The molecule has 190 valence electrons. The highest BCUT2D eigenvalue weighted by molar-refractivity contribution is 7.21. The lowest BCUT2D eigenvalue weighted by Gasteiger charge is -2.36. The molecule has 1 fully saturated rings. The lowest BCUT2D eigenvalue weighted by Crippen LogP contribution is -2.48. The Hall–Kier alpha value is -2.93. The van der Waals surface area contributed by atoms with Crippen molar-refractivity contribution in [3.05, 3.63) is 52.0 Å². The normalized spacial score (nSPS) is 18.4. The number of benzene rings is 1. The van der Waals surface area contributed by atoms with Gasteiger partial charge in [-0.05, 0) is 73.4 Å². The van der Waals surface area contributed by atoms with Crippen LogP contribution in [-0.2, 0) is 12.8 Å². The molecule has 1 saturated heterocycles. The SMILES string of the molecule is CCC(C)(C)[C@@H]1CCc2nc3sc(C(=O)N4CCN(c5ccc(C(C)=O)cc5)CC4)c(N)c3cc2C1. The van der Waals surface area contributed by atoms with E-state index in [4.69, 9.17) is 10.7 Å². The Morgan fingerprint density at radius 3 is 2.47 bits per heavy atom. The average molecular weight is 505 g/mol. The largest absolute Gasteiger partial charge is 0.397 e. The minimum absolute atomic E-state index is 0.00467. The summed E-state index contributed by atoms with van der Waals surface area (Å²) in [6.45, 7) is 11.4. The quantitative estimate of drug-likeness (QED) is 0.459. The van der Waals surface area contributed by atoms with Crippen molar-refractivity contribution in [2.24, 2.45) is 11.3 Å². The summed E-state index contributed by atoms with van der Waals surface area (Å²) < 4.78 is 0. The number of aromatic nitrogens is 1. The number of Topliss-reactive ketones (excluding diaryl/α,β-unsaturated/α-hetero) is 1. The van der Waals surface area contributed by atoms with Crippen LogP contribution in [0.1, 0.15) is 71.8 Å². The molecule has 6 nitrogen and oxygen atoms in total. The highest BCUT2D eigenvalue weighted by Crippen LogP contribution is 2.42. The second kappa shape index (κ2) is 9.51. The zero-order chi connectivity index (χ0) is 25.6. The van der Waals surface area contributed by atoms with E-state index >= 15 is 0 Å². The first-order valence-corrected chi connectivity index (χ1v) is 13.9. The van der Waals surface area contributed by atoms with Crippen molar-refractivity contribution in [1.82, 2.24) is 9.88 Å².